The van der Waals surface area contributed by atoms with Crippen molar-refractivity contribution in [2.45, 2.75) is 6.92 Å². The summed E-state index contributed by atoms with van der Waals surface area (Å²) in [5, 5.41) is 0. The highest BCUT2D eigenvalue weighted by Gasteiger charge is 2.14. The minimum atomic E-state index is 0. The largest absolute Gasteiger partial charge is 1.00 e. The SMILES string of the molecule is Cc1cc(-c2[nH+]cc(-c3ccccc3)o2)ccn1.[Cl-]. The maximum atomic E-state index is 5.83. The molecular weight excluding hydrogens is 260 g/mol. The molecule has 3 nitrogen and oxygen atoms in total. The molecule has 19 heavy (non-hydrogen) atoms. The van der Waals surface area contributed by atoms with Crippen LogP contribution in [0.5, 0.6) is 0 Å². The molecule has 0 amide bonds. The van der Waals surface area contributed by atoms with Crippen LogP contribution in [0, 0.1) is 6.92 Å². The molecule has 0 aliphatic carbocycles. The van der Waals surface area contributed by atoms with Crippen LogP contribution in [0.15, 0.2) is 59.3 Å². The zero-order valence-electron chi connectivity index (χ0n) is 10.4. The van der Waals surface area contributed by atoms with Gasteiger partial charge in [-0.1, -0.05) is 30.3 Å². The standard InChI is InChI=1S/C15H12N2O.ClH/c1-11-9-13(7-8-16-11)15-17-10-14(18-15)12-5-3-2-4-6-12;/h2-10H,1H3;1H. The lowest BCUT2D eigenvalue weighted by Gasteiger charge is -1.93. The predicted molar refractivity (Wildman–Crippen MR) is 68.7 cm³/mol. The maximum Gasteiger partial charge on any atom is 0.379 e. The van der Waals surface area contributed by atoms with Crippen LogP contribution in [0.25, 0.3) is 22.8 Å². The Labute approximate surface area is 117 Å². The lowest BCUT2D eigenvalue weighted by molar-refractivity contribution is -0.368. The molecule has 1 aromatic carbocycles. The minimum Gasteiger partial charge on any atom is -1.00 e. The van der Waals surface area contributed by atoms with E-state index in [1.54, 1.807) is 6.20 Å². The van der Waals surface area contributed by atoms with Gasteiger partial charge in [-0.25, -0.2) is 0 Å². The van der Waals surface area contributed by atoms with Crippen molar-refractivity contribution in [3.05, 3.63) is 60.6 Å². The molecule has 0 fully saturated rings. The fraction of sp³-hybridized carbons (Fsp3) is 0.0667. The third kappa shape index (κ3) is 2.83. The molecule has 0 saturated heterocycles. The number of hydrogen-bond donors (Lipinski definition) is 0. The van der Waals surface area contributed by atoms with Crippen molar-refractivity contribution in [3.63, 3.8) is 0 Å². The summed E-state index contributed by atoms with van der Waals surface area (Å²) >= 11 is 0. The van der Waals surface area contributed by atoms with E-state index >= 15 is 0 Å². The van der Waals surface area contributed by atoms with Crippen LogP contribution in [0.1, 0.15) is 5.69 Å². The minimum absolute atomic E-state index is 0. The van der Waals surface area contributed by atoms with Crippen molar-refractivity contribution >= 4 is 0 Å². The quantitative estimate of drug-likeness (QED) is 0.666. The molecule has 0 aliphatic rings. The van der Waals surface area contributed by atoms with Gasteiger partial charge < -0.3 is 16.8 Å². The summed E-state index contributed by atoms with van der Waals surface area (Å²) in [7, 11) is 0. The average molecular weight is 273 g/mol. The van der Waals surface area contributed by atoms with Gasteiger partial charge in [0.1, 0.15) is 0 Å². The van der Waals surface area contributed by atoms with E-state index in [-0.39, 0.29) is 12.4 Å². The van der Waals surface area contributed by atoms with E-state index in [2.05, 4.69) is 9.97 Å². The molecule has 2 heterocycles. The number of nitrogens with one attached hydrogen (secondary N) is 1. The van der Waals surface area contributed by atoms with Crippen LogP contribution >= 0.6 is 0 Å². The number of H-pyrrole nitrogens is 1. The zero-order valence-corrected chi connectivity index (χ0v) is 11.2. The Hall–Kier alpha value is -2.13. The lowest BCUT2D eigenvalue weighted by atomic mass is 10.2. The van der Waals surface area contributed by atoms with Gasteiger partial charge in [-0.2, -0.15) is 4.98 Å². The topological polar surface area (TPSA) is 40.2 Å². The third-order valence-electron chi connectivity index (χ3n) is 2.76. The number of hydrogen-bond acceptors (Lipinski definition) is 2. The molecule has 0 radical (unpaired) electrons. The van der Waals surface area contributed by atoms with E-state index in [9.17, 15) is 0 Å². The second-order valence-corrected chi connectivity index (χ2v) is 4.14. The monoisotopic (exact) mass is 272 g/mol. The first-order valence-corrected chi connectivity index (χ1v) is 5.83. The lowest BCUT2D eigenvalue weighted by Crippen LogP contribution is -3.00. The average Bonchev–Trinajstić information content (AvgIpc) is 2.89. The van der Waals surface area contributed by atoms with Crippen molar-refractivity contribution in [1.29, 1.82) is 0 Å². The highest BCUT2D eigenvalue weighted by Crippen LogP contribution is 2.23. The van der Waals surface area contributed by atoms with Crippen LogP contribution in [0.4, 0.5) is 0 Å². The number of nitrogens with zero attached hydrogens (tertiary/aromatic N) is 1. The number of rotatable bonds is 2. The number of halogens is 1. The van der Waals surface area contributed by atoms with E-state index < -0.39 is 0 Å². The highest BCUT2D eigenvalue weighted by atomic mass is 35.5. The number of benzene rings is 1. The van der Waals surface area contributed by atoms with Crippen molar-refractivity contribution in [2.75, 3.05) is 0 Å². The molecule has 1 N–H and O–H groups in total. The smallest absolute Gasteiger partial charge is 0.379 e. The van der Waals surface area contributed by atoms with Crippen LogP contribution < -0.4 is 17.4 Å². The summed E-state index contributed by atoms with van der Waals surface area (Å²) in [6, 6.07) is 13.9. The summed E-state index contributed by atoms with van der Waals surface area (Å²) in [6.45, 7) is 1.96. The zero-order chi connectivity index (χ0) is 12.4. The maximum absolute atomic E-state index is 5.83. The van der Waals surface area contributed by atoms with Crippen molar-refractivity contribution in [3.8, 4) is 22.8 Å². The molecule has 3 rings (SSSR count). The van der Waals surface area contributed by atoms with E-state index in [4.69, 9.17) is 4.42 Å². The second kappa shape index (κ2) is 5.67. The van der Waals surface area contributed by atoms with Gasteiger partial charge in [-0.15, -0.1) is 0 Å². The van der Waals surface area contributed by atoms with Crippen LogP contribution in [-0.2, 0) is 0 Å². The van der Waals surface area contributed by atoms with Gasteiger partial charge in [0, 0.05) is 17.5 Å². The van der Waals surface area contributed by atoms with Gasteiger partial charge in [0.15, 0.2) is 0 Å². The third-order valence-corrected chi connectivity index (χ3v) is 2.76. The van der Waals surface area contributed by atoms with Crippen molar-refractivity contribution in [1.82, 2.24) is 4.98 Å². The first kappa shape index (κ1) is 13.3. The molecule has 0 unspecified atom stereocenters. The van der Waals surface area contributed by atoms with Crippen LogP contribution in [-0.4, -0.2) is 4.98 Å². The van der Waals surface area contributed by atoms with Gasteiger partial charge in [-0.3, -0.25) is 4.98 Å². The van der Waals surface area contributed by atoms with E-state index in [0.717, 1.165) is 28.5 Å². The van der Waals surface area contributed by atoms with E-state index in [0.29, 0.717) is 0 Å². The van der Waals surface area contributed by atoms with Gasteiger partial charge in [0.05, 0.1) is 5.56 Å². The molecule has 3 aromatic rings. The van der Waals surface area contributed by atoms with Gasteiger partial charge in [0.2, 0.25) is 12.0 Å². The second-order valence-electron chi connectivity index (χ2n) is 4.14. The Morgan fingerprint density at radius 1 is 1.05 bits per heavy atom. The Bertz CT molecular complexity index is 665. The molecule has 4 heteroatoms. The molecule has 0 spiro atoms. The van der Waals surface area contributed by atoms with Crippen molar-refractivity contribution < 1.29 is 21.8 Å². The highest BCUT2D eigenvalue weighted by molar-refractivity contribution is 5.58. The summed E-state index contributed by atoms with van der Waals surface area (Å²) < 4.78 is 5.83. The molecule has 96 valence electrons. The molecule has 0 bridgehead atoms. The molecule has 0 aliphatic heterocycles. The summed E-state index contributed by atoms with van der Waals surface area (Å²) in [5.41, 5.74) is 3.04. The number of oxazole rings is 1. The Kier molecular flexibility index (Phi) is 3.97. The predicted octanol–water partition coefficient (Wildman–Crippen LogP) is 0.135. The summed E-state index contributed by atoms with van der Waals surface area (Å²) in [6.07, 6.45) is 3.66. The first-order chi connectivity index (χ1) is 8.83. The number of aryl methyl sites for hydroxylation is 1. The van der Waals surface area contributed by atoms with E-state index in [1.165, 1.54) is 0 Å². The molecule has 0 saturated carbocycles. The van der Waals surface area contributed by atoms with Gasteiger partial charge >= 0.3 is 5.89 Å². The van der Waals surface area contributed by atoms with Gasteiger partial charge in [-0.05, 0) is 19.1 Å². The van der Waals surface area contributed by atoms with Crippen LogP contribution in [0.2, 0.25) is 0 Å². The normalized spacial score (nSPS) is 9.95. The number of aromatic nitrogens is 2. The number of aromatic amines is 1. The van der Waals surface area contributed by atoms with Crippen molar-refractivity contribution in [2.24, 2.45) is 0 Å². The van der Waals surface area contributed by atoms with Crippen LogP contribution in [0.3, 0.4) is 0 Å². The molecule has 0 atom stereocenters. The Morgan fingerprint density at radius 2 is 1.84 bits per heavy atom. The van der Waals surface area contributed by atoms with Gasteiger partial charge in [0.25, 0.3) is 0 Å². The van der Waals surface area contributed by atoms with E-state index in [1.807, 2.05) is 55.6 Å². The summed E-state index contributed by atoms with van der Waals surface area (Å²) in [5.74, 6) is 1.58. The fourth-order valence-electron chi connectivity index (χ4n) is 1.87. The molecular formula is C15H13ClN2O. The summed E-state index contributed by atoms with van der Waals surface area (Å²) in [4.78, 5) is 7.33. The molecule has 2 aromatic heterocycles. The Balaban J connectivity index is 0.00000133. The fourth-order valence-corrected chi connectivity index (χ4v) is 1.87. The number of pyridine rings is 1. The first-order valence-electron chi connectivity index (χ1n) is 5.83. The Morgan fingerprint density at radius 3 is 2.58 bits per heavy atom.